The van der Waals surface area contributed by atoms with Gasteiger partial charge in [-0.05, 0) is 0 Å². The first kappa shape index (κ1) is 10.4. The topological polar surface area (TPSA) is 46.4 Å². The summed E-state index contributed by atoms with van der Waals surface area (Å²) in [4.78, 5) is 16.4. The molecule has 1 N–H and O–H groups in total. The number of carbonyl (C=O) groups excluding carboxylic acids is 1. The molecule has 0 atom stereocenters. The van der Waals surface area contributed by atoms with Gasteiger partial charge in [-0.2, -0.15) is 0 Å². The number of halogens is 1. The molecule has 2 aromatic rings. The fourth-order valence-electron chi connectivity index (χ4n) is 1.22. The SMILES string of the molecule is O=C(CCCl)NCc1cn2ccsc2n1. The van der Waals surface area contributed by atoms with Crippen LogP contribution in [-0.4, -0.2) is 21.2 Å². The van der Waals surface area contributed by atoms with Gasteiger partial charge in [0.05, 0.1) is 12.2 Å². The first-order chi connectivity index (χ1) is 7.29. The van der Waals surface area contributed by atoms with E-state index in [2.05, 4.69) is 10.3 Å². The number of alkyl halides is 1. The average molecular weight is 244 g/mol. The number of rotatable bonds is 4. The molecular formula is C9H10ClN3OS. The maximum atomic E-state index is 11.1. The molecule has 2 heterocycles. The van der Waals surface area contributed by atoms with Gasteiger partial charge in [-0.15, -0.1) is 22.9 Å². The summed E-state index contributed by atoms with van der Waals surface area (Å²) in [6, 6.07) is 0. The molecule has 0 unspecified atom stereocenters. The summed E-state index contributed by atoms with van der Waals surface area (Å²) in [6.07, 6.45) is 4.20. The number of nitrogens with zero attached hydrogens (tertiary/aromatic N) is 2. The van der Waals surface area contributed by atoms with Crippen LogP contribution in [0.4, 0.5) is 0 Å². The Hall–Kier alpha value is -1.07. The van der Waals surface area contributed by atoms with Crippen molar-refractivity contribution in [3.8, 4) is 0 Å². The molecule has 2 aromatic heterocycles. The molecular weight excluding hydrogens is 234 g/mol. The zero-order chi connectivity index (χ0) is 10.7. The van der Waals surface area contributed by atoms with Crippen molar-refractivity contribution in [3.63, 3.8) is 0 Å². The van der Waals surface area contributed by atoms with E-state index in [4.69, 9.17) is 11.6 Å². The Bertz CT molecular complexity index is 436. The number of amides is 1. The van der Waals surface area contributed by atoms with E-state index in [0.717, 1.165) is 10.7 Å². The third-order valence-corrected chi connectivity index (χ3v) is 2.89. The van der Waals surface area contributed by atoms with Crippen molar-refractivity contribution in [2.45, 2.75) is 13.0 Å². The summed E-state index contributed by atoms with van der Waals surface area (Å²) in [5.74, 6) is 0.311. The third kappa shape index (κ3) is 2.49. The summed E-state index contributed by atoms with van der Waals surface area (Å²) in [7, 11) is 0. The van der Waals surface area contributed by atoms with Crippen LogP contribution in [-0.2, 0) is 11.3 Å². The predicted octanol–water partition coefficient (Wildman–Crippen LogP) is 1.64. The fourth-order valence-corrected chi connectivity index (χ4v) is 2.12. The summed E-state index contributed by atoms with van der Waals surface area (Å²) in [5, 5.41) is 4.73. The van der Waals surface area contributed by atoms with E-state index in [0.29, 0.717) is 18.8 Å². The lowest BCUT2D eigenvalue weighted by Gasteiger charge is -1.99. The van der Waals surface area contributed by atoms with Gasteiger partial charge in [-0.3, -0.25) is 9.20 Å². The van der Waals surface area contributed by atoms with Crippen molar-refractivity contribution in [2.75, 3.05) is 5.88 Å². The Morgan fingerprint density at radius 2 is 2.53 bits per heavy atom. The number of carbonyl (C=O) groups is 1. The van der Waals surface area contributed by atoms with Crippen LogP contribution in [0.1, 0.15) is 12.1 Å². The van der Waals surface area contributed by atoms with Gasteiger partial charge in [-0.1, -0.05) is 0 Å². The fraction of sp³-hybridized carbons (Fsp3) is 0.333. The van der Waals surface area contributed by atoms with Gasteiger partial charge in [0, 0.05) is 30.1 Å². The monoisotopic (exact) mass is 243 g/mol. The van der Waals surface area contributed by atoms with Crippen LogP contribution in [0.2, 0.25) is 0 Å². The molecule has 0 radical (unpaired) electrons. The molecule has 0 bridgehead atoms. The second-order valence-electron chi connectivity index (χ2n) is 3.04. The Balaban J connectivity index is 1.95. The number of imidazole rings is 1. The highest BCUT2D eigenvalue weighted by atomic mass is 35.5. The first-order valence-electron chi connectivity index (χ1n) is 4.53. The smallest absolute Gasteiger partial charge is 0.221 e. The Kier molecular flexibility index (Phi) is 3.23. The Morgan fingerprint density at radius 3 is 3.27 bits per heavy atom. The Labute approximate surface area is 95.9 Å². The van der Waals surface area contributed by atoms with E-state index in [-0.39, 0.29) is 5.91 Å². The van der Waals surface area contributed by atoms with Gasteiger partial charge in [0.1, 0.15) is 0 Å². The zero-order valence-electron chi connectivity index (χ0n) is 7.94. The van der Waals surface area contributed by atoms with E-state index in [1.54, 1.807) is 11.3 Å². The minimum absolute atomic E-state index is 0.0404. The van der Waals surface area contributed by atoms with Gasteiger partial charge >= 0.3 is 0 Å². The highest BCUT2D eigenvalue weighted by Gasteiger charge is 2.04. The molecule has 0 spiro atoms. The van der Waals surface area contributed by atoms with Gasteiger partial charge in [0.25, 0.3) is 0 Å². The molecule has 1 amide bonds. The van der Waals surface area contributed by atoms with Crippen LogP contribution < -0.4 is 5.32 Å². The molecule has 80 valence electrons. The first-order valence-corrected chi connectivity index (χ1v) is 5.95. The summed E-state index contributed by atoms with van der Waals surface area (Å²) < 4.78 is 1.94. The van der Waals surface area contributed by atoms with E-state index < -0.39 is 0 Å². The third-order valence-electron chi connectivity index (χ3n) is 1.93. The largest absolute Gasteiger partial charge is 0.350 e. The molecule has 0 aliphatic carbocycles. The normalized spacial score (nSPS) is 10.7. The highest BCUT2D eigenvalue weighted by molar-refractivity contribution is 7.15. The van der Waals surface area contributed by atoms with E-state index >= 15 is 0 Å². The van der Waals surface area contributed by atoms with Crippen molar-refractivity contribution >= 4 is 33.8 Å². The molecule has 0 aliphatic heterocycles. The van der Waals surface area contributed by atoms with E-state index in [1.165, 1.54) is 0 Å². The second kappa shape index (κ2) is 4.63. The van der Waals surface area contributed by atoms with Crippen LogP contribution in [0.15, 0.2) is 17.8 Å². The van der Waals surface area contributed by atoms with E-state index in [1.807, 2.05) is 22.2 Å². The molecule has 4 nitrogen and oxygen atoms in total. The van der Waals surface area contributed by atoms with E-state index in [9.17, 15) is 4.79 Å². The lowest BCUT2D eigenvalue weighted by molar-refractivity contribution is -0.120. The lowest BCUT2D eigenvalue weighted by Crippen LogP contribution is -2.22. The van der Waals surface area contributed by atoms with Crippen molar-refractivity contribution in [1.82, 2.24) is 14.7 Å². The minimum atomic E-state index is -0.0404. The van der Waals surface area contributed by atoms with Crippen LogP contribution >= 0.6 is 22.9 Å². The summed E-state index contributed by atoms with van der Waals surface area (Å²) in [6.45, 7) is 0.462. The van der Waals surface area contributed by atoms with Crippen LogP contribution in [0.5, 0.6) is 0 Å². The van der Waals surface area contributed by atoms with Crippen molar-refractivity contribution in [2.24, 2.45) is 0 Å². The highest BCUT2D eigenvalue weighted by Crippen LogP contribution is 2.10. The molecule has 6 heteroatoms. The van der Waals surface area contributed by atoms with Crippen LogP contribution in [0.25, 0.3) is 4.96 Å². The van der Waals surface area contributed by atoms with Gasteiger partial charge < -0.3 is 5.32 Å². The number of aromatic nitrogens is 2. The maximum Gasteiger partial charge on any atom is 0.221 e. The van der Waals surface area contributed by atoms with Gasteiger partial charge in [-0.25, -0.2) is 4.98 Å². The average Bonchev–Trinajstić information content (AvgIpc) is 2.74. The van der Waals surface area contributed by atoms with Crippen molar-refractivity contribution in [1.29, 1.82) is 0 Å². The molecule has 0 aliphatic rings. The number of hydrogen-bond acceptors (Lipinski definition) is 3. The molecule has 2 rings (SSSR count). The Morgan fingerprint density at radius 1 is 1.67 bits per heavy atom. The number of nitrogens with one attached hydrogen (secondary N) is 1. The number of hydrogen-bond donors (Lipinski definition) is 1. The molecule has 0 saturated heterocycles. The van der Waals surface area contributed by atoms with Crippen LogP contribution in [0.3, 0.4) is 0 Å². The summed E-state index contributed by atoms with van der Waals surface area (Å²) >= 11 is 7.02. The number of thiazole rings is 1. The van der Waals surface area contributed by atoms with Crippen LogP contribution in [0, 0.1) is 0 Å². The predicted molar refractivity (Wildman–Crippen MR) is 60.3 cm³/mol. The zero-order valence-corrected chi connectivity index (χ0v) is 9.51. The molecule has 0 fully saturated rings. The molecule has 15 heavy (non-hydrogen) atoms. The number of fused-ring (bicyclic) bond motifs is 1. The standard InChI is InChI=1S/C9H10ClN3OS/c10-2-1-8(14)11-5-7-6-13-3-4-15-9(13)12-7/h3-4,6H,1-2,5H2,(H,11,14). The van der Waals surface area contributed by atoms with Crippen molar-refractivity contribution < 1.29 is 4.79 Å². The molecule has 0 saturated carbocycles. The molecule has 0 aromatic carbocycles. The maximum absolute atomic E-state index is 11.1. The summed E-state index contributed by atoms with van der Waals surface area (Å²) in [5.41, 5.74) is 0.866. The van der Waals surface area contributed by atoms with Gasteiger partial charge in [0.15, 0.2) is 4.96 Å². The van der Waals surface area contributed by atoms with Crippen molar-refractivity contribution in [3.05, 3.63) is 23.5 Å². The quantitative estimate of drug-likeness (QED) is 0.830. The lowest BCUT2D eigenvalue weighted by atomic mass is 10.4. The minimum Gasteiger partial charge on any atom is -0.350 e. The van der Waals surface area contributed by atoms with Gasteiger partial charge in [0.2, 0.25) is 5.91 Å². The second-order valence-corrected chi connectivity index (χ2v) is 4.29.